The van der Waals surface area contributed by atoms with Crippen LogP contribution in [0.25, 0.3) is 0 Å². The predicted molar refractivity (Wildman–Crippen MR) is 71.2 cm³/mol. The Labute approximate surface area is 115 Å². The van der Waals surface area contributed by atoms with Gasteiger partial charge in [-0.05, 0) is 24.3 Å². The number of aromatic nitrogens is 2. The molecule has 0 aliphatic heterocycles. The summed E-state index contributed by atoms with van der Waals surface area (Å²) in [5.41, 5.74) is 0. The quantitative estimate of drug-likeness (QED) is 0.625. The molecule has 0 spiro atoms. The standard InChI is InChI=1S/C12H11FN2O2S2/c13-10-1-3-11(4-2-10)19(16,17)8-7-18-12-9-14-5-6-15-12/h1-6,9H,7-8H2. The maximum Gasteiger partial charge on any atom is 0.179 e. The summed E-state index contributed by atoms with van der Waals surface area (Å²) in [6.45, 7) is 0. The van der Waals surface area contributed by atoms with Gasteiger partial charge in [-0.15, -0.1) is 11.8 Å². The van der Waals surface area contributed by atoms with Crippen molar-refractivity contribution in [2.45, 2.75) is 9.92 Å². The molecule has 0 radical (unpaired) electrons. The van der Waals surface area contributed by atoms with Gasteiger partial charge in [0.2, 0.25) is 0 Å². The summed E-state index contributed by atoms with van der Waals surface area (Å²) in [7, 11) is -3.38. The van der Waals surface area contributed by atoms with Gasteiger partial charge in [-0.25, -0.2) is 17.8 Å². The zero-order chi connectivity index (χ0) is 13.7. The Kier molecular flexibility index (Phi) is 4.49. The molecule has 0 N–H and O–H groups in total. The molecular formula is C12H11FN2O2S2. The second-order valence-electron chi connectivity index (χ2n) is 3.66. The second-order valence-corrected chi connectivity index (χ2v) is 6.89. The molecule has 0 atom stereocenters. The van der Waals surface area contributed by atoms with Crippen molar-refractivity contribution in [3.63, 3.8) is 0 Å². The average Bonchev–Trinajstić information content (AvgIpc) is 2.40. The highest BCUT2D eigenvalue weighted by atomic mass is 32.2. The highest BCUT2D eigenvalue weighted by Gasteiger charge is 2.14. The van der Waals surface area contributed by atoms with Crippen LogP contribution in [0.5, 0.6) is 0 Å². The van der Waals surface area contributed by atoms with Crippen molar-refractivity contribution in [1.29, 1.82) is 0 Å². The van der Waals surface area contributed by atoms with Crippen molar-refractivity contribution >= 4 is 21.6 Å². The van der Waals surface area contributed by atoms with Crippen LogP contribution in [0, 0.1) is 5.82 Å². The smallest absolute Gasteiger partial charge is 0.179 e. The van der Waals surface area contributed by atoms with E-state index in [4.69, 9.17) is 0 Å². The van der Waals surface area contributed by atoms with Gasteiger partial charge in [0.05, 0.1) is 16.8 Å². The van der Waals surface area contributed by atoms with Gasteiger partial charge in [0, 0.05) is 18.1 Å². The van der Waals surface area contributed by atoms with Crippen LogP contribution >= 0.6 is 11.8 Å². The Balaban J connectivity index is 1.97. The summed E-state index contributed by atoms with van der Waals surface area (Å²) < 4.78 is 36.7. The largest absolute Gasteiger partial charge is 0.260 e. The third-order valence-electron chi connectivity index (χ3n) is 2.31. The van der Waals surface area contributed by atoms with E-state index in [2.05, 4.69) is 9.97 Å². The first kappa shape index (κ1) is 14.0. The van der Waals surface area contributed by atoms with Gasteiger partial charge < -0.3 is 0 Å². The lowest BCUT2D eigenvalue weighted by Crippen LogP contribution is -2.09. The molecule has 0 saturated carbocycles. The molecule has 0 amide bonds. The summed E-state index contributed by atoms with van der Waals surface area (Å²) in [5.74, 6) is -0.106. The van der Waals surface area contributed by atoms with E-state index in [1.807, 2.05) is 0 Å². The molecular weight excluding hydrogens is 287 g/mol. The number of hydrogen-bond donors (Lipinski definition) is 0. The van der Waals surface area contributed by atoms with E-state index in [0.717, 1.165) is 12.1 Å². The van der Waals surface area contributed by atoms with Crippen molar-refractivity contribution in [3.05, 3.63) is 48.7 Å². The summed E-state index contributed by atoms with van der Waals surface area (Å²) in [4.78, 5) is 8.06. The Morgan fingerprint density at radius 2 is 1.89 bits per heavy atom. The van der Waals surface area contributed by atoms with Gasteiger partial charge in [-0.2, -0.15) is 0 Å². The third kappa shape index (κ3) is 4.00. The predicted octanol–water partition coefficient (Wildman–Crippen LogP) is 2.18. The van der Waals surface area contributed by atoms with Gasteiger partial charge in [-0.3, -0.25) is 4.98 Å². The molecule has 7 heteroatoms. The van der Waals surface area contributed by atoms with E-state index in [-0.39, 0.29) is 10.6 Å². The lowest BCUT2D eigenvalue weighted by atomic mass is 10.4. The number of thioether (sulfide) groups is 1. The maximum absolute atomic E-state index is 12.7. The highest BCUT2D eigenvalue weighted by Crippen LogP contribution is 2.17. The molecule has 0 aliphatic rings. The van der Waals surface area contributed by atoms with E-state index in [0.29, 0.717) is 10.8 Å². The Hall–Kier alpha value is -1.47. The summed E-state index contributed by atoms with van der Waals surface area (Å²) in [6, 6.07) is 4.83. The zero-order valence-electron chi connectivity index (χ0n) is 9.86. The molecule has 2 rings (SSSR count). The number of benzene rings is 1. The number of nitrogens with zero attached hydrogens (tertiary/aromatic N) is 2. The lowest BCUT2D eigenvalue weighted by molar-refractivity contribution is 0.596. The van der Waals surface area contributed by atoms with E-state index in [9.17, 15) is 12.8 Å². The van der Waals surface area contributed by atoms with E-state index in [1.54, 1.807) is 18.6 Å². The van der Waals surface area contributed by atoms with E-state index < -0.39 is 15.7 Å². The molecule has 0 fully saturated rings. The Morgan fingerprint density at radius 3 is 2.53 bits per heavy atom. The van der Waals surface area contributed by atoms with Crippen LogP contribution in [0.2, 0.25) is 0 Å². The van der Waals surface area contributed by atoms with Crippen LogP contribution in [-0.4, -0.2) is 29.9 Å². The summed E-state index contributed by atoms with van der Waals surface area (Å²) in [5, 5.41) is 0.678. The molecule has 1 heterocycles. The lowest BCUT2D eigenvalue weighted by Gasteiger charge is -2.04. The topological polar surface area (TPSA) is 59.9 Å². The molecule has 1 aromatic carbocycles. The molecule has 0 saturated heterocycles. The van der Waals surface area contributed by atoms with Crippen molar-refractivity contribution in [2.24, 2.45) is 0 Å². The highest BCUT2D eigenvalue weighted by molar-refractivity contribution is 8.00. The molecule has 0 bridgehead atoms. The van der Waals surface area contributed by atoms with Crippen molar-refractivity contribution in [3.8, 4) is 0 Å². The third-order valence-corrected chi connectivity index (χ3v) is 5.22. The maximum atomic E-state index is 12.7. The number of rotatable bonds is 5. The van der Waals surface area contributed by atoms with Crippen molar-refractivity contribution in [2.75, 3.05) is 11.5 Å². The van der Waals surface area contributed by atoms with Gasteiger partial charge in [-0.1, -0.05) is 0 Å². The minimum absolute atomic E-state index is 0.0279. The molecule has 1 aromatic heterocycles. The first-order valence-corrected chi connectivity index (χ1v) is 8.09. The van der Waals surface area contributed by atoms with Crippen LogP contribution in [0.3, 0.4) is 0 Å². The van der Waals surface area contributed by atoms with Crippen LogP contribution in [-0.2, 0) is 9.84 Å². The molecule has 100 valence electrons. The van der Waals surface area contributed by atoms with Crippen LogP contribution in [0.1, 0.15) is 0 Å². The van der Waals surface area contributed by atoms with Gasteiger partial charge >= 0.3 is 0 Å². The first-order valence-electron chi connectivity index (χ1n) is 5.45. The molecule has 2 aromatic rings. The second kappa shape index (κ2) is 6.12. The van der Waals surface area contributed by atoms with Crippen LogP contribution in [0.15, 0.2) is 52.8 Å². The Morgan fingerprint density at radius 1 is 1.16 bits per heavy atom. The molecule has 4 nitrogen and oxygen atoms in total. The van der Waals surface area contributed by atoms with Gasteiger partial charge in [0.1, 0.15) is 10.8 Å². The fraction of sp³-hybridized carbons (Fsp3) is 0.167. The SMILES string of the molecule is O=S(=O)(CCSc1cnccn1)c1ccc(F)cc1. The van der Waals surface area contributed by atoms with E-state index in [1.165, 1.54) is 23.9 Å². The van der Waals surface area contributed by atoms with Crippen LogP contribution < -0.4 is 0 Å². The fourth-order valence-electron chi connectivity index (χ4n) is 1.38. The molecule has 0 aliphatic carbocycles. The fourth-order valence-corrected chi connectivity index (χ4v) is 3.85. The van der Waals surface area contributed by atoms with E-state index >= 15 is 0 Å². The molecule has 0 unspecified atom stereocenters. The molecule has 19 heavy (non-hydrogen) atoms. The van der Waals surface area contributed by atoms with Gasteiger partial charge in [0.15, 0.2) is 9.84 Å². The number of halogens is 1. The minimum atomic E-state index is -3.38. The monoisotopic (exact) mass is 298 g/mol. The van der Waals surface area contributed by atoms with Crippen LogP contribution in [0.4, 0.5) is 4.39 Å². The van der Waals surface area contributed by atoms with Crippen molar-refractivity contribution in [1.82, 2.24) is 9.97 Å². The van der Waals surface area contributed by atoms with Gasteiger partial charge in [0.25, 0.3) is 0 Å². The number of sulfone groups is 1. The summed E-state index contributed by atoms with van der Waals surface area (Å²) >= 11 is 1.32. The zero-order valence-corrected chi connectivity index (χ0v) is 11.5. The van der Waals surface area contributed by atoms with Crippen molar-refractivity contribution < 1.29 is 12.8 Å². The first-order chi connectivity index (χ1) is 9.08. The average molecular weight is 298 g/mol. The summed E-state index contributed by atoms with van der Waals surface area (Å²) in [6.07, 6.45) is 4.69. The minimum Gasteiger partial charge on any atom is -0.260 e. The normalized spacial score (nSPS) is 11.4. The number of hydrogen-bond acceptors (Lipinski definition) is 5. The Bertz CT molecular complexity index is 631.